The minimum atomic E-state index is -0.117. The highest BCUT2D eigenvalue weighted by molar-refractivity contribution is 7.99. The summed E-state index contributed by atoms with van der Waals surface area (Å²) in [5.74, 6) is 0.680. The van der Waals surface area contributed by atoms with E-state index in [1.54, 1.807) is 24.9 Å². The van der Waals surface area contributed by atoms with Crippen LogP contribution in [0, 0.1) is 0 Å². The van der Waals surface area contributed by atoms with Crippen molar-refractivity contribution in [2.45, 2.75) is 10.3 Å². The topological polar surface area (TPSA) is 64.3 Å². The molecule has 0 aromatic heterocycles. The van der Waals surface area contributed by atoms with Crippen molar-refractivity contribution in [2.24, 2.45) is 0 Å². The quantitative estimate of drug-likeness (QED) is 0.833. The molecule has 1 aliphatic rings. The van der Waals surface area contributed by atoms with E-state index < -0.39 is 0 Å². The maximum atomic E-state index is 12.2. The second-order valence-corrected chi connectivity index (χ2v) is 5.65. The molecule has 0 aliphatic carbocycles. The van der Waals surface area contributed by atoms with Crippen molar-refractivity contribution < 1.29 is 9.53 Å². The zero-order valence-corrected chi connectivity index (χ0v) is 11.7. The van der Waals surface area contributed by atoms with Crippen LogP contribution in [0.5, 0.6) is 5.75 Å². The Balaban J connectivity index is 1.94. The number of ether oxygens (including phenoxy) is 1. The first-order valence-electron chi connectivity index (χ1n) is 6.18. The molecule has 0 fully saturated rings. The van der Waals surface area contributed by atoms with Crippen molar-refractivity contribution >= 4 is 23.4 Å². The Labute approximate surface area is 121 Å². The summed E-state index contributed by atoms with van der Waals surface area (Å²) in [6.45, 7) is 0. The first-order valence-corrected chi connectivity index (χ1v) is 7.06. The molecule has 0 radical (unpaired) electrons. The minimum absolute atomic E-state index is 0.0983. The van der Waals surface area contributed by atoms with Gasteiger partial charge in [0.15, 0.2) is 0 Å². The third-order valence-electron chi connectivity index (χ3n) is 3.15. The molecule has 0 spiro atoms. The fourth-order valence-electron chi connectivity index (χ4n) is 2.14. The molecule has 1 atom stereocenters. The molecule has 1 amide bonds. The largest absolute Gasteiger partial charge is 0.497 e. The zero-order valence-electron chi connectivity index (χ0n) is 10.9. The SMILES string of the molecule is COc1cccc(C2NC(=O)c3cc(N)ccc3S2)c1. The monoisotopic (exact) mass is 286 g/mol. The average molecular weight is 286 g/mol. The molecule has 2 aromatic rings. The first kappa shape index (κ1) is 12.9. The molecule has 1 aliphatic heterocycles. The highest BCUT2D eigenvalue weighted by Gasteiger charge is 2.26. The van der Waals surface area contributed by atoms with E-state index in [-0.39, 0.29) is 11.3 Å². The number of hydrogen-bond acceptors (Lipinski definition) is 4. The third kappa shape index (κ3) is 2.32. The maximum absolute atomic E-state index is 12.2. The standard InChI is InChI=1S/C15H14N2O2S/c1-19-11-4-2-3-9(7-11)15-17-14(18)12-8-10(16)5-6-13(12)20-15/h2-8,15H,16H2,1H3,(H,17,18). The predicted octanol–water partition coefficient (Wildman–Crippen LogP) is 2.81. The van der Waals surface area contributed by atoms with E-state index in [2.05, 4.69) is 5.32 Å². The molecule has 0 bridgehead atoms. The van der Waals surface area contributed by atoms with Gasteiger partial charge in [0.05, 0.1) is 12.7 Å². The van der Waals surface area contributed by atoms with Crippen molar-refractivity contribution in [3.8, 4) is 5.75 Å². The van der Waals surface area contributed by atoms with Crippen molar-refractivity contribution in [2.75, 3.05) is 12.8 Å². The number of benzene rings is 2. The number of nitrogens with one attached hydrogen (secondary N) is 1. The van der Waals surface area contributed by atoms with Gasteiger partial charge in [-0.25, -0.2) is 0 Å². The Kier molecular flexibility index (Phi) is 3.28. The van der Waals surface area contributed by atoms with Crippen molar-refractivity contribution in [3.05, 3.63) is 53.6 Å². The number of amides is 1. The van der Waals surface area contributed by atoms with Crippen LogP contribution in [0.1, 0.15) is 21.3 Å². The summed E-state index contributed by atoms with van der Waals surface area (Å²) in [5.41, 5.74) is 7.96. The van der Waals surface area contributed by atoms with Crippen LogP contribution in [-0.2, 0) is 0 Å². The first-order chi connectivity index (χ1) is 9.67. The van der Waals surface area contributed by atoms with Crippen LogP contribution in [-0.4, -0.2) is 13.0 Å². The summed E-state index contributed by atoms with van der Waals surface area (Å²) in [6, 6.07) is 13.1. The molecule has 2 aromatic carbocycles. The third-order valence-corrected chi connectivity index (χ3v) is 4.39. The second-order valence-electron chi connectivity index (χ2n) is 4.50. The van der Waals surface area contributed by atoms with Gasteiger partial charge < -0.3 is 15.8 Å². The summed E-state index contributed by atoms with van der Waals surface area (Å²) in [6.07, 6.45) is 0. The molecular formula is C15H14N2O2S. The maximum Gasteiger partial charge on any atom is 0.253 e. The number of rotatable bonds is 2. The van der Waals surface area contributed by atoms with Crippen LogP contribution in [0.3, 0.4) is 0 Å². The summed E-state index contributed by atoms with van der Waals surface area (Å²) < 4.78 is 5.22. The zero-order chi connectivity index (χ0) is 14.1. The Morgan fingerprint density at radius 2 is 2.10 bits per heavy atom. The number of carbonyl (C=O) groups excluding carboxylic acids is 1. The Hall–Kier alpha value is -2.14. The molecular weight excluding hydrogens is 272 g/mol. The summed E-state index contributed by atoms with van der Waals surface area (Å²) >= 11 is 1.60. The molecule has 20 heavy (non-hydrogen) atoms. The molecule has 4 nitrogen and oxygen atoms in total. The summed E-state index contributed by atoms with van der Waals surface area (Å²) in [5, 5.41) is 2.86. The molecule has 1 unspecified atom stereocenters. The second kappa shape index (κ2) is 5.09. The van der Waals surface area contributed by atoms with Crippen molar-refractivity contribution in [3.63, 3.8) is 0 Å². The normalized spacial score (nSPS) is 17.2. The van der Waals surface area contributed by atoms with E-state index in [1.165, 1.54) is 0 Å². The van der Waals surface area contributed by atoms with Gasteiger partial charge in [-0.15, -0.1) is 0 Å². The molecule has 0 saturated carbocycles. The van der Waals surface area contributed by atoms with Crippen LogP contribution in [0.4, 0.5) is 5.69 Å². The van der Waals surface area contributed by atoms with Gasteiger partial charge in [-0.2, -0.15) is 0 Å². The van der Waals surface area contributed by atoms with Gasteiger partial charge in [-0.1, -0.05) is 23.9 Å². The van der Waals surface area contributed by atoms with Gasteiger partial charge in [-0.3, -0.25) is 4.79 Å². The van der Waals surface area contributed by atoms with Crippen LogP contribution in [0.25, 0.3) is 0 Å². The number of nitrogen functional groups attached to an aromatic ring is 1. The lowest BCUT2D eigenvalue weighted by Gasteiger charge is -2.25. The number of nitrogens with two attached hydrogens (primary N) is 1. The fourth-order valence-corrected chi connectivity index (χ4v) is 3.26. The summed E-state index contributed by atoms with van der Waals surface area (Å²) in [7, 11) is 1.63. The van der Waals surface area contributed by atoms with E-state index in [0.717, 1.165) is 16.2 Å². The summed E-state index contributed by atoms with van der Waals surface area (Å²) in [4.78, 5) is 13.1. The smallest absolute Gasteiger partial charge is 0.253 e. The Morgan fingerprint density at radius 3 is 2.90 bits per heavy atom. The van der Waals surface area contributed by atoms with E-state index >= 15 is 0 Å². The minimum Gasteiger partial charge on any atom is -0.497 e. The number of fused-ring (bicyclic) bond motifs is 1. The lowest BCUT2D eigenvalue weighted by Crippen LogP contribution is -2.30. The van der Waals surface area contributed by atoms with Crippen molar-refractivity contribution in [1.82, 2.24) is 5.32 Å². The van der Waals surface area contributed by atoms with E-state index in [4.69, 9.17) is 10.5 Å². The molecule has 3 N–H and O–H groups in total. The number of thioether (sulfide) groups is 1. The highest BCUT2D eigenvalue weighted by Crippen LogP contribution is 2.40. The van der Waals surface area contributed by atoms with Crippen molar-refractivity contribution in [1.29, 1.82) is 0 Å². The van der Waals surface area contributed by atoms with Gasteiger partial charge in [0, 0.05) is 10.6 Å². The number of hydrogen-bond donors (Lipinski definition) is 2. The molecule has 1 heterocycles. The lowest BCUT2D eigenvalue weighted by atomic mass is 10.1. The Bertz CT molecular complexity index is 673. The predicted molar refractivity (Wildman–Crippen MR) is 79.9 cm³/mol. The van der Waals surface area contributed by atoms with E-state index in [0.29, 0.717) is 11.3 Å². The van der Waals surface area contributed by atoms with Gasteiger partial charge in [-0.05, 0) is 35.9 Å². The number of methoxy groups -OCH3 is 1. The van der Waals surface area contributed by atoms with Gasteiger partial charge in [0.2, 0.25) is 0 Å². The van der Waals surface area contributed by atoms with Crippen LogP contribution >= 0.6 is 11.8 Å². The van der Waals surface area contributed by atoms with Gasteiger partial charge in [0.25, 0.3) is 5.91 Å². The van der Waals surface area contributed by atoms with Gasteiger partial charge in [0.1, 0.15) is 11.1 Å². The molecule has 102 valence electrons. The number of carbonyl (C=O) groups is 1. The van der Waals surface area contributed by atoms with Crippen LogP contribution in [0.2, 0.25) is 0 Å². The van der Waals surface area contributed by atoms with Crippen LogP contribution in [0.15, 0.2) is 47.4 Å². The number of anilines is 1. The van der Waals surface area contributed by atoms with Gasteiger partial charge >= 0.3 is 0 Å². The average Bonchev–Trinajstić information content (AvgIpc) is 2.48. The molecule has 3 rings (SSSR count). The molecule has 5 heteroatoms. The lowest BCUT2D eigenvalue weighted by molar-refractivity contribution is 0.0943. The highest BCUT2D eigenvalue weighted by atomic mass is 32.2. The van der Waals surface area contributed by atoms with E-state index in [9.17, 15) is 4.79 Å². The fraction of sp³-hybridized carbons (Fsp3) is 0.133. The van der Waals surface area contributed by atoms with Crippen LogP contribution < -0.4 is 15.8 Å². The van der Waals surface area contributed by atoms with E-state index in [1.807, 2.05) is 36.4 Å². The molecule has 0 saturated heterocycles. The Morgan fingerprint density at radius 1 is 1.25 bits per heavy atom.